The fourth-order valence-corrected chi connectivity index (χ4v) is 5.47. The maximum atomic E-state index is 12.9. The van der Waals surface area contributed by atoms with Gasteiger partial charge in [0.15, 0.2) is 5.60 Å². The van der Waals surface area contributed by atoms with Crippen molar-refractivity contribution in [2.45, 2.75) is 42.2 Å². The minimum atomic E-state index is -4.70. The van der Waals surface area contributed by atoms with E-state index >= 15 is 0 Å². The summed E-state index contributed by atoms with van der Waals surface area (Å²) in [5, 5.41) is 15.0. The number of nitrogens with zero attached hydrogens (tertiary/aromatic N) is 2. The van der Waals surface area contributed by atoms with E-state index in [0.717, 1.165) is 44.7 Å². The van der Waals surface area contributed by atoms with Gasteiger partial charge in [-0.05, 0) is 80.4 Å². The molecule has 9 heteroatoms. The number of nitrogens with one attached hydrogen (secondary N) is 1. The summed E-state index contributed by atoms with van der Waals surface area (Å²) in [7, 11) is 2.03. The van der Waals surface area contributed by atoms with E-state index in [1.807, 2.05) is 13.1 Å². The van der Waals surface area contributed by atoms with Crippen LogP contribution in [-0.4, -0.2) is 55.4 Å². The molecule has 0 amide bonds. The molecule has 0 radical (unpaired) electrons. The maximum Gasteiger partial charge on any atom is 0.421 e. The summed E-state index contributed by atoms with van der Waals surface area (Å²) in [6, 6.07) is 10.1. The van der Waals surface area contributed by atoms with E-state index in [1.165, 1.54) is 42.1 Å². The predicted octanol–water partition coefficient (Wildman–Crippen LogP) is 5.35. The van der Waals surface area contributed by atoms with Crippen LogP contribution in [0.2, 0.25) is 0 Å². The van der Waals surface area contributed by atoms with Crippen LogP contribution >= 0.6 is 23.3 Å². The highest BCUT2D eigenvalue weighted by Crippen LogP contribution is 2.39. The van der Waals surface area contributed by atoms with E-state index in [2.05, 4.69) is 26.0 Å². The number of hydrogen-bond donors (Lipinski definition) is 2. The second-order valence-electron chi connectivity index (χ2n) is 8.41. The second-order valence-corrected chi connectivity index (χ2v) is 10.8. The van der Waals surface area contributed by atoms with Gasteiger partial charge in [0, 0.05) is 31.9 Å². The van der Waals surface area contributed by atoms with Crippen molar-refractivity contribution in [3.63, 3.8) is 0 Å². The molecule has 0 spiro atoms. The summed E-state index contributed by atoms with van der Waals surface area (Å²) < 4.78 is 42.3. The molecule has 1 aromatic carbocycles. The van der Waals surface area contributed by atoms with E-state index in [4.69, 9.17) is 0 Å². The van der Waals surface area contributed by atoms with Gasteiger partial charge in [-0.25, -0.2) is 4.31 Å². The van der Waals surface area contributed by atoms with Gasteiger partial charge in [0.25, 0.3) is 0 Å². The molecule has 4 rings (SSSR count). The van der Waals surface area contributed by atoms with Crippen molar-refractivity contribution in [1.82, 2.24) is 9.62 Å². The standard InChI is InChI=1S/C17H19F3N2OS2.C6H13N/c1-16(23,17(18,19)20)13-4-6-14(7-5-13)21-8-10-22(11-9-21)25-15-3-2-12-24-15;1-7-5-6-3-2-4-6/h2-7,12,23H,8-11H2,1H3;6-7H,2-5H2,1H3. The normalized spacial score (nSPS) is 19.6. The highest BCUT2D eigenvalue weighted by atomic mass is 32.2. The SMILES string of the molecule is CC(O)(c1ccc(N2CCN(Sc3cccs3)CC2)cc1)C(F)(F)F.CNCC1CCC1. The Kier molecular flexibility index (Phi) is 8.91. The van der Waals surface area contributed by atoms with Crippen molar-refractivity contribution in [3.8, 4) is 0 Å². The van der Waals surface area contributed by atoms with Crippen molar-refractivity contribution < 1.29 is 18.3 Å². The van der Waals surface area contributed by atoms with Crippen molar-refractivity contribution in [3.05, 3.63) is 47.3 Å². The Hall–Kier alpha value is -1.26. The Morgan fingerprint density at radius 1 is 1.09 bits per heavy atom. The van der Waals surface area contributed by atoms with Gasteiger partial charge in [-0.1, -0.05) is 24.6 Å². The monoisotopic (exact) mass is 487 g/mol. The Labute approximate surface area is 196 Å². The third-order valence-electron chi connectivity index (χ3n) is 6.02. The highest BCUT2D eigenvalue weighted by molar-refractivity contribution is 7.98. The molecular formula is C23H32F3N3OS2. The van der Waals surface area contributed by atoms with Crippen LogP contribution in [0.25, 0.3) is 0 Å². The summed E-state index contributed by atoms with van der Waals surface area (Å²) in [6.07, 6.45) is -0.312. The number of benzene rings is 1. The van der Waals surface area contributed by atoms with Gasteiger partial charge in [-0.3, -0.25) is 0 Å². The number of halogens is 3. The Bertz CT molecular complexity index is 801. The van der Waals surface area contributed by atoms with Crippen LogP contribution in [0, 0.1) is 5.92 Å². The third kappa shape index (κ3) is 6.63. The zero-order valence-electron chi connectivity index (χ0n) is 18.6. The highest BCUT2D eigenvalue weighted by Gasteiger charge is 2.51. The van der Waals surface area contributed by atoms with Crippen LogP contribution in [0.15, 0.2) is 46.0 Å². The largest absolute Gasteiger partial charge is 0.421 e. The lowest BCUT2D eigenvalue weighted by Crippen LogP contribution is -2.43. The lowest BCUT2D eigenvalue weighted by Gasteiger charge is -2.35. The lowest BCUT2D eigenvalue weighted by molar-refractivity contribution is -0.258. The van der Waals surface area contributed by atoms with Gasteiger partial charge >= 0.3 is 6.18 Å². The number of thiophene rings is 1. The molecule has 1 unspecified atom stereocenters. The molecule has 1 saturated carbocycles. The number of alkyl halides is 3. The first-order chi connectivity index (χ1) is 15.2. The van der Waals surface area contributed by atoms with E-state index in [9.17, 15) is 18.3 Å². The van der Waals surface area contributed by atoms with Crippen molar-refractivity contribution in [1.29, 1.82) is 0 Å². The van der Waals surface area contributed by atoms with Gasteiger partial charge in [0.05, 0.1) is 4.21 Å². The molecule has 1 aliphatic heterocycles. The first-order valence-electron chi connectivity index (χ1n) is 11.0. The molecule has 4 nitrogen and oxygen atoms in total. The Balaban J connectivity index is 0.000000352. The zero-order chi connectivity index (χ0) is 23.2. The molecule has 1 aliphatic carbocycles. The molecule has 178 valence electrons. The van der Waals surface area contributed by atoms with Gasteiger partial charge in [-0.15, -0.1) is 11.3 Å². The quantitative estimate of drug-likeness (QED) is 0.537. The summed E-state index contributed by atoms with van der Waals surface area (Å²) in [5.41, 5.74) is -2.10. The minimum Gasteiger partial charge on any atom is -0.376 e. The molecule has 1 saturated heterocycles. The molecule has 2 heterocycles. The average molecular weight is 488 g/mol. The molecule has 32 heavy (non-hydrogen) atoms. The van der Waals surface area contributed by atoms with E-state index in [1.54, 1.807) is 35.4 Å². The first kappa shape index (κ1) is 25.4. The summed E-state index contributed by atoms with van der Waals surface area (Å²) in [5.74, 6) is 1.02. The van der Waals surface area contributed by atoms with E-state index in [-0.39, 0.29) is 5.56 Å². The predicted molar refractivity (Wildman–Crippen MR) is 127 cm³/mol. The molecular weight excluding hydrogens is 455 g/mol. The third-order valence-corrected chi connectivity index (χ3v) is 8.13. The number of anilines is 1. The van der Waals surface area contributed by atoms with E-state index in [0.29, 0.717) is 0 Å². The molecule has 0 bridgehead atoms. The molecule has 1 atom stereocenters. The smallest absolute Gasteiger partial charge is 0.376 e. The van der Waals surface area contributed by atoms with E-state index < -0.39 is 11.8 Å². The minimum absolute atomic E-state index is 0.143. The Morgan fingerprint density at radius 3 is 2.19 bits per heavy atom. The summed E-state index contributed by atoms with van der Waals surface area (Å²) >= 11 is 3.46. The van der Waals surface area contributed by atoms with Crippen LogP contribution in [0.4, 0.5) is 18.9 Å². The lowest BCUT2D eigenvalue weighted by atomic mass is 9.86. The zero-order valence-corrected chi connectivity index (χ0v) is 20.2. The van der Waals surface area contributed by atoms with Crippen LogP contribution in [-0.2, 0) is 5.60 Å². The van der Waals surface area contributed by atoms with Gasteiger partial charge in [-0.2, -0.15) is 13.2 Å². The molecule has 1 aromatic heterocycles. The summed E-state index contributed by atoms with van der Waals surface area (Å²) in [6.45, 7) is 5.40. The van der Waals surface area contributed by atoms with Crippen molar-refractivity contribution in [2.24, 2.45) is 5.92 Å². The maximum absolute atomic E-state index is 12.9. The van der Waals surface area contributed by atoms with Gasteiger partial charge < -0.3 is 15.3 Å². The molecule has 2 aromatic rings. The second kappa shape index (κ2) is 11.2. The van der Waals surface area contributed by atoms with Crippen molar-refractivity contribution >= 4 is 29.0 Å². The number of piperazine rings is 1. The summed E-state index contributed by atoms with van der Waals surface area (Å²) in [4.78, 5) is 2.15. The van der Waals surface area contributed by atoms with Crippen LogP contribution in [0.1, 0.15) is 31.7 Å². The van der Waals surface area contributed by atoms with Crippen LogP contribution in [0.3, 0.4) is 0 Å². The van der Waals surface area contributed by atoms with Gasteiger partial charge in [0.2, 0.25) is 0 Å². The first-order valence-corrected chi connectivity index (χ1v) is 12.6. The van der Waals surface area contributed by atoms with Gasteiger partial charge in [0.1, 0.15) is 0 Å². The topological polar surface area (TPSA) is 38.7 Å². The van der Waals surface area contributed by atoms with Crippen molar-refractivity contribution in [2.75, 3.05) is 44.7 Å². The molecule has 2 fully saturated rings. The van der Waals surface area contributed by atoms with Crippen LogP contribution in [0.5, 0.6) is 0 Å². The fourth-order valence-electron chi connectivity index (χ4n) is 3.63. The number of hydrogen-bond acceptors (Lipinski definition) is 6. The average Bonchev–Trinajstić information content (AvgIpc) is 3.24. The van der Waals surface area contributed by atoms with Crippen LogP contribution < -0.4 is 10.2 Å². The molecule has 2 aliphatic rings. The number of aliphatic hydroxyl groups is 1. The Morgan fingerprint density at radius 2 is 1.75 bits per heavy atom. The molecule has 2 N–H and O–H groups in total. The number of rotatable bonds is 6. The fraction of sp³-hybridized carbons (Fsp3) is 0.565.